The van der Waals surface area contributed by atoms with Gasteiger partial charge >= 0.3 is 0 Å². The predicted octanol–water partition coefficient (Wildman–Crippen LogP) is 1.70. The number of hydrogen-bond donors (Lipinski definition) is 2. The molecule has 1 amide bonds. The molecule has 2 aromatic rings. The molecule has 0 spiro atoms. The first kappa shape index (κ1) is 18.1. The van der Waals surface area contributed by atoms with Crippen molar-refractivity contribution in [3.8, 4) is 0 Å². The molecule has 0 saturated carbocycles. The molecule has 1 aromatic carbocycles. The number of carbonyl (C=O) groups is 1. The van der Waals surface area contributed by atoms with Crippen LogP contribution in [0.15, 0.2) is 29.1 Å². The maximum atomic E-state index is 12.1. The Bertz CT molecular complexity index is 726. The Morgan fingerprint density at radius 3 is 2.75 bits per heavy atom. The van der Waals surface area contributed by atoms with Gasteiger partial charge in [-0.15, -0.1) is 0 Å². The molecule has 6 heteroatoms. The van der Waals surface area contributed by atoms with Gasteiger partial charge in [-0.05, 0) is 31.5 Å². The van der Waals surface area contributed by atoms with Crippen LogP contribution >= 0.6 is 0 Å². The molecule has 0 unspecified atom stereocenters. The fourth-order valence-electron chi connectivity index (χ4n) is 2.63. The molecule has 1 aromatic heterocycles. The van der Waals surface area contributed by atoms with E-state index in [0.29, 0.717) is 42.8 Å². The highest BCUT2D eigenvalue weighted by Gasteiger charge is 2.11. The first-order valence-electron chi connectivity index (χ1n) is 8.61. The van der Waals surface area contributed by atoms with E-state index >= 15 is 0 Å². The second-order valence-electron chi connectivity index (χ2n) is 5.91. The van der Waals surface area contributed by atoms with Crippen LogP contribution in [0.5, 0.6) is 0 Å². The Morgan fingerprint density at radius 2 is 2.00 bits per heavy atom. The second kappa shape index (κ2) is 9.17. The van der Waals surface area contributed by atoms with Gasteiger partial charge in [-0.25, -0.2) is 4.98 Å². The summed E-state index contributed by atoms with van der Waals surface area (Å²) in [4.78, 5) is 33.4. The molecular formula is C18H26N4O2. The van der Waals surface area contributed by atoms with Gasteiger partial charge in [-0.3, -0.25) is 14.5 Å². The van der Waals surface area contributed by atoms with E-state index in [-0.39, 0.29) is 11.5 Å². The van der Waals surface area contributed by atoms with E-state index in [1.54, 1.807) is 6.07 Å². The van der Waals surface area contributed by atoms with E-state index in [4.69, 9.17) is 0 Å². The summed E-state index contributed by atoms with van der Waals surface area (Å²) in [7, 11) is 0. The third-order valence-corrected chi connectivity index (χ3v) is 3.81. The van der Waals surface area contributed by atoms with Crippen molar-refractivity contribution < 1.29 is 4.79 Å². The summed E-state index contributed by atoms with van der Waals surface area (Å²) >= 11 is 0. The molecule has 0 saturated heterocycles. The van der Waals surface area contributed by atoms with Crippen molar-refractivity contribution in [2.24, 2.45) is 0 Å². The number of H-pyrrole nitrogens is 1. The van der Waals surface area contributed by atoms with Crippen molar-refractivity contribution in [2.75, 3.05) is 26.2 Å². The smallest absolute Gasteiger partial charge is 0.258 e. The molecule has 2 rings (SSSR count). The summed E-state index contributed by atoms with van der Waals surface area (Å²) in [5, 5.41) is 3.50. The molecule has 0 atom stereocenters. The maximum absolute atomic E-state index is 12.1. The van der Waals surface area contributed by atoms with E-state index in [9.17, 15) is 9.59 Å². The summed E-state index contributed by atoms with van der Waals surface area (Å²) in [5.41, 5.74) is 0.595. The van der Waals surface area contributed by atoms with Gasteiger partial charge in [0.15, 0.2) is 0 Å². The van der Waals surface area contributed by atoms with Crippen molar-refractivity contribution in [1.82, 2.24) is 20.2 Å². The number of para-hydroxylation sites is 1. The zero-order valence-electron chi connectivity index (χ0n) is 14.5. The quantitative estimate of drug-likeness (QED) is 0.734. The number of carbonyl (C=O) groups excluding carboxylic acids is 1. The summed E-state index contributed by atoms with van der Waals surface area (Å²) in [6.07, 6.45) is 2.52. The number of amides is 1. The fourth-order valence-corrected chi connectivity index (χ4v) is 2.63. The average molecular weight is 330 g/mol. The Kier molecular flexibility index (Phi) is 6.93. The van der Waals surface area contributed by atoms with Crippen molar-refractivity contribution in [3.05, 3.63) is 40.4 Å². The maximum Gasteiger partial charge on any atom is 0.258 e. The summed E-state index contributed by atoms with van der Waals surface area (Å²) in [6.45, 7) is 6.74. The van der Waals surface area contributed by atoms with Gasteiger partial charge in [0, 0.05) is 19.5 Å². The fraction of sp³-hybridized carbons (Fsp3) is 0.500. The molecule has 0 bridgehead atoms. The minimum absolute atomic E-state index is 0.0465. The third kappa shape index (κ3) is 5.16. The van der Waals surface area contributed by atoms with Gasteiger partial charge in [0.2, 0.25) is 5.91 Å². The number of hydrogen-bond acceptors (Lipinski definition) is 4. The Labute approximate surface area is 142 Å². The number of aromatic amines is 1. The topological polar surface area (TPSA) is 78.1 Å². The highest BCUT2D eigenvalue weighted by molar-refractivity contribution is 5.78. The van der Waals surface area contributed by atoms with Gasteiger partial charge in [-0.1, -0.05) is 26.0 Å². The molecule has 6 nitrogen and oxygen atoms in total. The molecule has 0 aliphatic rings. The van der Waals surface area contributed by atoms with Gasteiger partial charge in [0.1, 0.15) is 5.82 Å². The SMILES string of the molecule is CCCNC(=O)CN(CCC)CCc1nc2ccccc2c(=O)[nH]1. The van der Waals surface area contributed by atoms with E-state index in [0.717, 1.165) is 19.4 Å². The van der Waals surface area contributed by atoms with E-state index in [1.807, 2.05) is 25.1 Å². The van der Waals surface area contributed by atoms with Crippen molar-refractivity contribution >= 4 is 16.8 Å². The number of nitrogens with zero attached hydrogens (tertiary/aromatic N) is 2. The summed E-state index contributed by atoms with van der Waals surface area (Å²) < 4.78 is 0. The van der Waals surface area contributed by atoms with E-state index < -0.39 is 0 Å². The van der Waals surface area contributed by atoms with Crippen LogP contribution in [0, 0.1) is 0 Å². The van der Waals surface area contributed by atoms with Crippen molar-refractivity contribution in [3.63, 3.8) is 0 Å². The standard InChI is InChI=1S/C18H26N4O2/c1-3-10-19-17(23)13-22(11-4-2)12-9-16-20-15-8-6-5-7-14(15)18(24)21-16/h5-8H,3-4,9-13H2,1-2H3,(H,19,23)(H,20,21,24). The molecule has 24 heavy (non-hydrogen) atoms. The highest BCUT2D eigenvalue weighted by Crippen LogP contribution is 2.06. The van der Waals surface area contributed by atoms with E-state index in [1.165, 1.54) is 0 Å². The average Bonchev–Trinajstić information content (AvgIpc) is 2.58. The van der Waals surface area contributed by atoms with Crippen LogP contribution in [0.4, 0.5) is 0 Å². The molecule has 0 aliphatic carbocycles. The zero-order chi connectivity index (χ0) is 17.4. The minimum Gasteiger partial charge on any atom is -0.355 e. The van der Waals surface area contributed by atoms with E-state index in [2.05, 4.69) is 27.1 Å². The minimum atomic E-state index is -0.113. The number of nitrogens with one attached hydrogen (secondary N) is 2. The first-order chi connectivity index (χ1) is 11.6. The van der Waals surface area contributed by atoms with Gasteiger partial charge < -0.3 is 10.3 Å². The van der Waals surface area contributed by atoms with Gasteiger partial charge in [0.05, 0.1) is 17.4 Å². The van der Waals surface area contributed by atoms with Crippen LogP contribution < -0.4 is 10.9 Å². The van der Waals surface area contributed by atoms with Crippen LogP contribution in [-0.2, 0) is 11.2 Å². The lowest BCUT2D eigenvalue weighted by molar-refractivity contribution is -0.122. The summed E-state index contributed by atoms with van der Waals surface area (Å²) in [6, 6.07) is 7.32. The monoisotopic (exact) mass is 330 g/mol. The number of rotatable bonds is 9. The third-order valence-electron chi connectivity index (χ3n) is 3.81. The van der Waals surface area contributed by atoms with Crippen LogP contribution in [0.2, 0.25) is 0 Å². The van der Waals surface area contributed by atoms with Crippen LogP contribution in [0.3, 0.4) is 0 Å². The first-order valence-corrected chi connectivity index (χ1v) is 8.61. The van der Waals surface area contributed by atoms with Crippen LogP contribution in [0.1, 0.15) is 32.5 Å². The molecule has 0 aliphatic heterocycles. The molecule has 1 heterocycles. The molecule has 0 radical (unpaired) electrons. The van der Waals surface area contributed by atoms with Gasteiger partial charge in [-0.2, -0.15) is 0 Å². The number of fused-ring (bicyclic) bond motifs is 1. The van der Waals surface area contributed by atoms with Crippen LogP contribution in [-0.4, -0.2) is 47.0 Å². The molecule has 0 fully saturated rings. The number of aromatic nitrogens is 2. The van der Waals surface area contributed by atoms with Crippen LogP contribution in [0.25, 0.3) is 10.9 Å². The Morgan fingerprint density at radius 1 is 1.21 bits per heavy atom. The highest BCUT2D eigenvalue weighted by atomic mass is 16.2. The van der Waals surface area contributed by atoms with Crippen molar-refractivity contribution in [1.29, 1.82) is 0 Å². The largest absolute Gasteiger partial charge is 0.355 e. The number of benzene rings is 1. The lowest BCUT2D eigenvalue weighted by Crippen LogP contribution is -2.39. The zero-order valence-corrected chi connectivity index (χ0v) is 14.5. The lowest BCUT2D eigenvalue weighted by atomic mass is 10.2. The summed E-state index contributed by atoms with van der Waals surface area (Å²) in [5.74, 6) is 0.707. The second-order valence-corrected chi connectivity index (χ2v) is 5.91. The molecular weight excluding hydrogens is 304 g/mol. The Balaban J connectivity index is 2.01. The lowest BCUT2D eigenvalue weighted by Gasteiger charge is -2.20. The molecule has 2 N–H and O–H groups in total. The Hall–Kier alpha value is -2.21. The predicted molar refractivity (Wildman–Crippen MR) is 96.1 cm³/mol. The normalized spacial score (nSPS) is 11.1. The van der Waals surface area contributed by atoms with Crippen molar-refractivity contribution in [2.45, 2.75) is 33.1 Å². The van der Waals surface area contributed by atoms with Gasteiger partial charge in [0.25, 0.3) is 5.56 Å². The molecule has 130 valence electrons.